The fourth-order valence-corrected chi connectivity index (χ4v) is 5.54. The molecule has 41 heavy (non-hydrogen) atoms. The van der Waals surface area contributed by atoms with E-state index in [1.165, 1.54) is 12.1 Å². The third-order valence-corrected chi connectivity index (χ3v) is 9.00. The summed E-state index contributed by atoms with van der Waals surface area (Å²) in [6.07, 6.45) is 3.81. The molecule has 0 radical (unpaired) electrons. The Labute approximate surface area is 241 Å². The molecule has 9 heteroatoms. The SMILES string of the molecule is CN(Cc1ccc(CO)c2cnn(COCC[Si](C)(C)C)c12)C(=O)c1ccc(-c2cccc(F)c2)c(OC2CC2)c1. The van der Waals surface area contributed by atoms with Crippen molar-refractivity contribution in [3.8, 4) is 16.9 Å². The molecule has 0 unspecified atom stereocenters. The van der Waals surface area contributed by atoms with Gasteiger partial charge in [-0.15, -0.1) is 0 Å². The topological polar surface area (TPSA) is 76.8 Å². The largest absolute Gasteiger partial charge is 0.490 e. The second-order valence-electron chi connectivity index (χ2n) is 12.0. The number of nitrogens with zero attached hydrogens (tertiary/aromatic N) is 3. The molecule has 1 amide bonds. The fraction of sp³-hybridized carbons (Fsp3) is 0.375. The minimum absolute atomic E-state index is 0.102. The summed E-state index contributed by atoms with van der Waals surface area (Å²) in [6.45, 7) is 8.15. The van der Waals surface area contributed by atoms with Crippen molar-refractivity contribution >= 4 is 24.9 Å². The Morgan fingerprint density at radius 3 is 2.61 bits per heavy atom. The monoisotopic (exact) mass is 575 g/mol. The zero-order chi connectivity index (χ0) is 29.1. The van der Waals surface area contributed by atoms with Gasteiger partial charge in [-0.05, 0) is 65.9 Å². The van der Waals surface area contributed by atoms with Crippen molar-refractivity contribution in [3.63, 3.8) is 0 Å². The third kappa shape index (κ3) is 7.04. The first kappa shape index (κ1) is 29.0. The van der Waals surface area contributed by atoms with Crippen molar-refractivity contribution in [2.45, 2.75) is 64.5 Å². The van der Waals surface area contributed by atoms with Crippen LogP contribution in [-0.2, 0) is 24.6 Å². The summed E-state index contributed by atoms with van der Waals surface area (Å²) < 4.78 is 27.9. The number of aromatic nitrogens is 2. The summed E-state index contributed by atoms with van der Waals surface area (Å²) in [6, 6.07) is 16.6. The van der Waals surface area contributed by atoms with E-state index in [-0.39, 0.29) is 24.4 Å². The summed E-state index contributed by atoms with van der Waals surface area (Å²) in [5.41, 5.74) is 4.50. The van der Waals surface area contributed by atoms with E-state index < -0.39 is 8.07 Å². The van der Waals surface area contributed by atoms with Crippen LogP contribution in [0.5, 0.6) is 5.75 Å². The highest BCUT2D eigenvalue weighted by Crippen LogP contribution is 2.36. The lowest BCUT2D eigenvalue weighted by Crippen LogP contribution is -2.26. The van der Waals surface area contributed by atoms with Crippen LogP contribution in [0.1, 0.15) is 34.3 Å². The van der Waals surface area contributed by atoms with Gasteiger partial charge >= 0.3 is 0 Å². The van der Waals surface area contributed by atoms with Gasteiger partial charge in [0.15, 0.2) is 0 Å². The molecule has 216 valence electrons. The number of carbonyl (C=O) groups excluding carboxylic acids is 1. The van der Waals surface area contributed by atoms with E-state index in [0.29, 0.717) is 36.8 Å². The van der Waals surface area contributed by atoms with Crippen molar-refractivity contribution < 1.29 is 23.8 Å². The van der Waals surface area contributed by atoms with Crippen molar-refractivity contribution in [2.24, 2.45) is 0 Å². The maximum absolute atomic E-state index is 13.9. The Hall–Kier alpha value is -3.53. The molecule has 4 aromatic rings. The predicted molar refractivity (Wildman–Crippen MR) is 161 cm³/mol. The van der Waals surface area contributed by atoms with Gasteiger partial charge in [0.1, 0.15) is 18.3 Å². The Morgan fingerprint density at radius 1 is 1.12 bits per heavy atom. The van der Waals surface area contributed by atoms with Crippen LogP contribution in [0.3, 0.4) is 0 Å². The summed E-state index contributed by atoms with van der Waals surface area (Å²) in [7, 11) is 0.547. The summed E-state index contributed by atoms with van der Waals surface area (Å²) in [5, 5.41) is 15.3. The Balaban J connectivity index is 1.38. The van der Waals surface area contributed by atoms with Crippen LogP contribution in [0.2, 0.25) is 25.7 Å². The second-order valence-corrected chi connectivity index (χ2v) is 17.6. The lowest BCUT2D eigenvalue weighted by atomic mass is 10.0. The highest BCUT2D eigenvalue weighted by Gasteiger charge is 2.26. The molecule has 1 aliphatic rings. The molecule has 1 aliphatic carbocycles. The van der Waals surface area contributed by atoms with Crippen LogP contribution in [-0.4, -0.2) is 53.5 Å². The molecule has 0 spiro atoms. The molecule has 0 bridgehead atoms. The molecule has 1 N–H and O–H groups in total. The van der Waals surface area contributed by atoms with Crippen LogP contribution >= 0.6 is 0 Å². The Bertz CT molecular complexity index is 1540. The quantitative estimate of drug-likeness (QED) is 0.155. The van der Waals surface area contributed by atoms with Gasteiger partial charge in [0.25, 0.3) is 5.91 Å². The zero-order valence-corrected chi connectivity index (χ0v) is 25.2. The molecule has 0 atom stereocenters. The van der Waals surface area contributed by atoms with E-state index in [0.717, 1.165) is 46.5 Å². The van der Waals surface area contributed by atoms with Crippen molar-refractivity contribution in [1.29, 1.82) is 0 Å². The first-order chi connectivity index (χ1) is 19.6. The molecule has 3 aromatic carbocycles. The van der Waals surface area contributed by atoms with E-state index in [9.17, 15) is 14.3 Å². The fourth-order valence-electron chi connectivity index (χ4n) is 4.78. The average molecular weight is 576 g/mol. The van der Waals surface area contributed by atoms with Crippen LogP contribution < -0.4 is 4.74 Å². The van der Waals surface area contributed by atoms with E-state index >= 15 is 0 Å². The van der Waals surface area contributed by atoms with Gasteiger partial charge in [0.2, 0.25) is 0 Å². The maximum atomic E-state index is 13.9. The summed E-state index contributed by atoms with van der Waals surface area (Å²) in [5.74, 6) is 0.104. The number of fused-ring (bicyclic) bond motifs is 1. The lowest BCUT2D eigenvalue weighted by Gasteiger charge is -2.20. The van der Waals surface area contributed by atoms with E-state index in [2.05, 4.69) is 24.7 Å². The summed E-state index contributed by atoms with van der Waals surface area (Å²) in [4.78, 5) is 15.3. The standard InChI is InChI=1S/C32H38FN3O4Si/c1-35(19-24-8-9-25(20-37)29-18-34-36(31(24)29)21-39-14-15-41(2,3)4)32(38)23-10-13-28(22-6-5-7-26(33)16-22)30(17-23)40-27-11-12-27/h5-10,13,16-18,27,37H,11-12,14-15,19-21H2,1-4H3. The number of carbonyl (C=O) groups is 1. The number of aliphatic hydroxyl groups is 1. The maximum Gasteiger partial charge on any atom is 0.254 e. The van der Waals surface area contributed by atoms with Gasteiger partial charge in [-0.1, -0.05) is 43.9 Å². The molecule has 5 rings (SSSR count). The number of benzene rings is 3. The number of hydrogen-bond acceptors (Lipinski definition) is 5. The zero-order valence-electron chi connectivity index (χ0n) is 24.2. The molecular formula is C32H38FN3O4Si. The highest BCUT2D eigenvalue weighted by atomic mass is 28.3. The predicted octanol–water partition coefficient (Wildman–Crippen LogP) is 6.46. The normalized spacial score (nSPS) is 13.5. The molecule has 1 fully saturated rings. The van der Waals surface area contributed by atoms with Gasteiger partial charge in [0.05, 0.1) is 24.4 Å². The lowest BCUT2D eigenvalue weighted by molar-refractivity contribution is 0.0781. The Kier molecular flexibility index (Phi) is 8.58. The van der Waals surface area contributed by atoms with Crippen LogP contribution in [0.4, 0.5) is 4.39 Å². The van der Waals surface area contributed by atoms with Gasteiger partial charge in [-0.2, -0.15) is 5.10 Å². The number of amides is 1. The van der Waals surface area contributed by atoms with Gasteiger partial charge in [0, 0.05) is 44.8 Å². The molecule has 0 saturated heterocycles. The van der Waals surface area contributed by atoms with Crippen molar-refractivity contribution in [2.75, 3.05) is 13.7 Å². The Morgan fingerprint density at radius 2 is 1.90 bits per heavy atom. The van der Waals surface area contributed by atoms with E-state index in [1.807, 2.05) is 28.9 Å². The van der Waals surface area contributed by atoms with Crippen LogP contribution in [0.25, 0.3) is 22.0 Å². The van der Waals surface area contributed by atoms with Crippen molar-refractivity contribution in [3.05, 3.63) is 83.3 Å². The molecule has 1 heterocycles. The van der Waals surface area contributed by atoms with Gasteiger partial charge in [-0.3, -0.25) is 4.79 Å². The molecule has 0 aliphatic heterocycles. The molecule has 1 aromatic heterocycles. The first-order valence-corrected chi connectivity index (χ1v) is 17.8. The van der Waals surface area contributed by atoms with Crippen molar-refractivity contribution in [1.82, 2.24) is 14.7 Å². The molecule has 7 nitrogen and oxygen atoms in total. The number of hydrogen-bond donors (Lipinski definition) is 1. The van der Waals surface area contributed by atoms with Gasteiger partial charge < -0.3 is 19.5 Å². The smallest absolute Gasteiger partial charge is 0.254 e. The minimum Gasteiger partial charge on any atom is -0.490 e. The van der Waals surface area contributed by atoms with E-state index in [4.69, 9.17) is 9.47 Å². The molecule has 1 saturated carbocycles. The third-order valence-electron chi connectivity index (χ3n) is 7.29. The summed E-state index contributed by atoms with van der Waals surface area (Å²) >= 11 is 0. The molecular weight excluding hydrogens is 537 g/mol. The second kappa shape index (κ2) is 12.1. The highest BCUT2D eigenvalue weighted by molar-refractivity contribution is 6.76. The number of rotatable bonds is 12. The minimum atomic E-state index is -1.22. The number of aliphatic hydroxyl groups excluding tert-OH is 1. The van der Waals surface area contributed by atoms with Crippen LogP contribution in [0, 0.1) is 5.82 Å². The number of ether oxygens (including phenoxy) is 2. The first-order valence-electron chi connectivity index (χ1n) is 14.1. The van der Waals surface area contributed by atoms with E-state index in [1.54, 1.807) is 36.3 Å². The number of halogens is 1. The van der Waals surface area contributed by atoms with Gasteiger partial charge in [-0.25, -0.2) is 9.07 Å². The average Bonchev–Trinajstić information content (AvgIpc) is 3.65. The van der Waals surface area contributed by atoms with Crippen LogP contribution in [0.15, 0.2) is 60.8 Å².